The van der Waals surface area contributed by atoms with Crippen molar-refractivity contribution in [3.63, 3.8) is 0 Å². The van der Waals surface area contributed by atoms with Gasteiger partial charge in [0.25, 0.3) is 0 Å². The Morgan fingerprint density at radius 2 is 1.78 bits per heavy atom. The molecule has 0 bridgehead atoms. The van der Waals surface area contributed by atoms with Gasteiger partial charge in [-0.15, -0.1) is 5.10 Å². The third-order valence-corrected chi connectivity index (χ3v) is 3.66. The van der Waals surface area contributed by atoms with Crippen LogP contribution in [0, 0.1) is 5.82 Å². The highest BCUT2D eigenvalue weighted by Crippen LogP contribution is 2.29. The third kappa shape index (κ3) is 2.10. The van der Waals surface area contributed by atoms with Crippen molar-refractivity contribution in [2.75, 3.05) is 0 Å². The first-order valence-corrected chi connectivity index (χ1v) is 6.39. The molecule has 1 aliphatic rings. The van der Waals surface area contributed by atoms with E-state index in [4.69, 9.17) is 11.6 Å². The van der Waals surface area contributed by atoms with Crippen LogP contribution in [0.1, 0.15) is 28.8 Å². The smallest absolute Gasteiger partial charge is 0.155 e. The van der Waals surface area contributed by atoms with E-state index in [0.29, 0.717) is 11.6 Å². The predicted molar refractivity (Wildman–Crippen MR) is 68.3 cm³/mol. The fraction of sp³-hybridized carbons (Fsp3) is 0.286. The van der Waals surface area contributed by atoms with Crippen molar-refractivity contribution in [2.24, 2.45) is 0 Å². The molecule has 1 aromatic heterocycles. The van der Waals surface area contributed by atoms with Gasteiger partial charge in [-0.1, -0.05) is 23.7 Å². The molecule has 0 aliphatic heterocycles. The largest absolute Gasteiger partial charge is 0.207 e. The molecule has 4 heteroatoms. The van der Waals surface area contributed by atoms with Gasteiger partial charge in [-0.2, -0.15) is 5.10 Å². The highest BCUT2D eigenvalue weighted by Gasteiger charge is 2.20. The molecular weight excluding hydrogens is 251 g/mol. The van der Waals surface area contributed by atoms with Crippen LogP contribution in [-0.4, -0.2) is 10.2 Å². The average Bonchev–Trinajstić information content (AvgIpc) is 2.86. The molecule has 1 aromatic carbocycles. The van der Waals surface area contributed by atoms with E-state index in [0.717, 1.165) is 36.1 Å². The SMILES string of the molecule is Fc1ccc(Cc2nnc(Cl)c3c2CCC3)cc1. The molecule has 2 aromatic rings. The molecule has 0 atom stereocenters. The molecule has 1 heterocycles. The van der Waals surface area contributed by atoms with Gasteiger partial charge in [0, 0.05) is 6.42 Å². The number of hydrogen-bond donors (Lipinski definition) is 0. The van der Waals surface area contributed by atoms with Crippen molar-refractivity contribution >= 4 is 11.6 Å². The highest BCUT2D eigenvalue weighted by molar-refractivity contribution is 6.30. The maximum absolute atomic E-state index is 12.9. The summed E-state index contributed by atoms with van der Waals surface area (Å²) in [5, 5.41) is 8.73. The van der Waals surface area contributed by atoms with Gasteiger partial charge < -0.3 is 0 Å². The molecule has 0 spiro atoms. The molecule has 3 rings (SSSR count). The van der Waals surface area contributed by atoms with Gasteiger partial charge in [0.1, 0.15) is 5.82 Å². The van der Waals surface area contributed by atoms with E-state index in [1.165, 1.54) is 17.7 Å². The number of fused-ring (bicyclic) bond motifs is 1. The van der Waals surface area contributed by atoms with Gasteiger partial charge in [0.05, 0.1) is 5.69 Å². The zero-order valence-electron chi connectivity index (χ0n) is 9.79. The number of nitrogens with zero attached hydrogens (tertiary/aromatic N) is 2. The Labute approximate surface area is 110 Å². The van der Waals surface area contributed by atoms with E-state index in [1.54, 1.807) is 12.1 Å². The van der Waals surface area contributed by atoms with Crippen LogP contribution in [0.25, 0.3) is 0 Å². The van der Waals surface area contributed by atoms with Crippen molar-refractivity contribution in [1.82, 2.24) is 10.2 Å². The molecule has 0 radical (unpaired) electrons. The summed E-state index contributed by atoms with van der Waals surface area (Å²) in [4.78, 5) is 0. The summed E-state index contributed by atoms with van der Waals surface area (Å²) in [6.07, 6.45) is 3.80. The van der Waals surface area contributed by atoms with E-state index in [-0.39, 0.29) is 5.82 Å². The molecule has 92 valence electrons. The summed E-state index contributed by atoms with van der Waals surface area (Å²) in [7, 11) is 0. The van der Waals surface area contributed by atoms with E-state index in [9.17, 15) is 4.39 Å². The van der Waals surface area contributed by atoms with Crippen molar-refractivity contribution in [1.29, 1.82) is 0 Å². The quantitative estimate of drug-likeness (QED) is 0.829. The lowest BCUT2D eigenvalue weighted by Crippen LogP contribution is -2.02. The van der Waals surface area contributed by atoms with Gasteiger partial charge in [-0.05, 0) is 48.1 Å². The lowest BCUT2D eigenvalue weighted by Gasteiger charge is -2.07. The van der Waals surface area contributed by atoms with Crippen molar-refractivity contribution in [3.8, 4) is 0 Å². The second kappa shape index (κ2) is 4.65. The zero-order chi connectivity index (χ0) is 12.5. The lowest BCUT2D eigenvalue weighted by atomic mass is 10.0. The van der Waals surface area contributed by atoms with Gasteiger partial charge in [0.15, 0.2) is 5.15 Å². The van der Waals surface area contributed by atoms with Crippen LogP contribution < -0.4 is 0 Å². The maximum atomic E-state index is 12.9. The summed E-state index contributed by atoms with van der Waals surface area (Å²) in [5.74, 6) is -0.217. The maximum Gasteiger partial charge on any atom is 0.155 e. The number of hydrogen-bond acceptors (Lipinski definition) is 2. The van der Waals surface area contributed by atoms with Gasteiger partial charge >= 0.3 is 0 Å². The minimum Gasteiger partial charge on any atom is -0.207 e. The molecular formula is C14H12ClFN2. The van der Waals surface area contributed by atoms with Crippen molar-refractivity contribution < 1.29 is 4.39 Å². The van der Waals surface area contributed by atoms with Crippen LogP contribution in [0.15, 0.2) is 24.3 Å². The van der Waals surface area contributed by atoms with Crippen LogP contribution >= 0.6 is 11.6 Å². The van der Waals surface area contributed by atoms with E-state index >= 15 is 0 Å². The number of aromatic nitrogens is 2. The van der Waals surface area contributed by atoms with Crippen LogP contribution in [0.3, 0.4) is 0 Å². The molecule has 1 aliphatic carbocycles. The van der Waals surface area contributed by atoms with Crippen LogP contribution in [-0.2, 0) is 19.3 Å². The highest BCUT2D eigenvalue weighted by atomic mass is 35.5. The second-order valence-electron chi connectivity index (χ2n) is 4.55. The molecule has 0 fully saturated rings. The zero-order valence-corrected chi connectivity index (χ0v) is 10.5. The predicted octanol–water partition coefficient (Wildman–Crippen LogP) is 3.35. The Balaban J connectivity index is 1.94. The van der Waals surface area contributed by atoms with Crippen molar-refractivity contribution in [2.45, 2.75) is 25.7 Å². The first-order valence-electron chi connectivity index (χ1n) is 6.01. The number of rotatable bonds is 2. The molecule has 0 unspecified atom stereocenters. The second-order valence-corrected chi connectivity index (χ2v) is 4.91. The van der Waals surface area contributed by atoms with Gasteiger partial charge in [0.2, 0.25) is 0 Å². The Bertz CT molecular complexity index is 581. The van der Waals surface area contributed by atoms with Crippen molar-refractivity contribution in [3.05, 3.63) is 57.6 Å². The average molecular weight is 263 g/mol. The van der Waals surface area contributed by atoms with Gasteiger partial charge in [-0.3, -0.25) is 0 Å². The molecule has 0 N–H and O–H groups in total. The fourth-order valence-corrected chi connectivity index (χ4v) is 2.70. The minimum absolute atomic E-state index is 0.217. The van der Waals surface area contributed by atoms with Crippen LogP contribution in [0.2, 0.25) is 5.15 Å². The first kappa shape index (κ1) is 11.6. The summed E-state index contributed by atoms with van der Waals surface area (Å²) in [6, 6.07) is 6.51. The lowest BCUT2D eigenvalue weighted by molar-refractivity contribution is 0.627. The molecule has 0 saturated carbocycles. The fourth-order valence-electron chi connectivity index (χ4n) is 2.45. The normalized spacial score (nSPS) is 13.7. The molecule has 2 nitrogen and oxygen atoms in total. The Morgan fingerprint density at radius 1 is 1.06 bits per heavy atom. The standard InChI is InChI=1S/C14H12ClFN2/c15-14-12-3-1-2-11(12)13(17-18-14)8-9-4-6-10(16)7-5-9/h4-7H,1-3,8H2. The number of halogens is 2. The summed E-state index contributed by atoms with van der Waals surface area (Å²) >= 11 is 6.04. The molecule has 0 amide bonds. The molecule has 0 saturated heterocycles. The summed E-state index contributed by atoms with van der Waals surface area (Å²) in [5.41, 5.74) is 4.39. The summed E-state index contributed by atoms with van der Waals surface area (Å²) in [6.45, 7) is 0. The molecule has 18 heavy (non-hydrogen) atoms. The monoisotopic (exact) mass is 262 g/mol. The third-order valence-electron chi connectivity index (χ3n) is 3.36. The van der Waals surface area contributed by atoms with E-state index in [1.807, 2.05) is 0 Å². The Morgan fingerprint density at radius 3 is 2.56 bits per heavy atom. The van der Waals surface area contributed by atoms with E-state index in [2.05, 4.69) is 10.2 Å². The van der Waals surface area contributed by atoms with Crippen LogP contribution in [0.5, 0.6) is 0 Å². The Kier molecular flexibility index (Phi) is 3.00. The van der Waals surface area contributed by atoms with Crippen LogP contribution in [0.4, 0.5) is 4.39 Å². The summed E-state index contributed by atoms with van der Waals surface area (Å²) < 4.78 is 12.9. The topological polar surface area (TPSA) is 25.8 Å². The first-order chi connectivity index (χ1) is 8.74. The van der Waals surface area contributed by atoms with Gasteiger partial charge in [-0.25, -0.2) is 4.39 Å². The van der Waals surface area contributed by atoms with E-state index < -0.39 is 0 Å². The number of benzene rings is 1. The minimum atomic E-state index is -0.217. The Hall–Kier alpha value is -1.48.